The average molecular weight is 207 g/mol. The first kappa shape index (κ1) is 9.08. The molecule has 0 saturated heterocycles. The number of rotatable bonds is 3. The van der Waals surface area contributed by atoms with Crippen LogP contribution in [-0.2, 0) is 6.42 Å². The molecule has 2 rings (SSSR count). The molecule has 0 saturated carbocycles. The Kier molecular flexibility index (Phi) is 2.41. The minimum atomic E-state index is 0.451. The maximum atomic E-state index is 4.89. The molecule has 0 bridgehead atoms. The van der Waals surface area contributed by atoms with Gasteiger partial charge in [-0.1, -0.05) is 11.7 Å². The summed E-state index contributed by atoms with van der Waals surface area (Å²) < 4.78 is 4.89. The summed E-state index contributed by atoms with van der Waals surface area (Å²) in [4.78, 5) is 8.41. The Morgan fingerprint density at radius 3 is 3.00 bits per heavy atom. The van der Waals surface area contributed by atoms with Crippen LogP contribution < -0.4 is 0 Å². The van der Waals surface area contributed by atoms with E-state index in [2.05, 4.69) is 21.7 Å². The molecule has 0 aliphatic rings. The van der Waals surface area contributed by atoms with E-state index in [9.17, 15) is 0 Å². The van der Waals surface area contributed by atoms with Crippen LogP contribution in [-0.4, -0.2) is 15.1 Å². The van der Waals surface area contributed by atoms with Crippen molar-refractivity contribution in [2.45, 2.75) is 13.3 Å². The largest absolute Gasteiger partial charge is 0.335 e. The highest BCUT2D eigenvalue weighted by atomic mass is 32.1. The zero-order valence-electron chi connectivity index (χ0n) is 7.73. The van der Waals surface area contributed by atoms with E-state index in [1.54, 1.807) is 11.3 Å². The van der Waals surface area contributed by atoms with Gasteiger partial charge in [-0.05, 0) is 13.0 Å². The molecule has 4 nitrogen and oxygen atoms in total. The van der Waals surface area contributed by atoms with Crippen molar-refractivity contribution in [2.24, 2.45) is 0 Å². The normalized spacial score (nSPS) is 10.4. The van der Waals surface area contributed by atoms with Gasteiger partial charge in [-0.3, -0.25) is 0 Å². The SMILES string of the molecule is C=Cc1nc(Cc2csc(C)n2)no1. The highest BCUT2D eigenvalue weighted by molar-refractivity contribution is 7.09. The van der Waals surface area contributed by atoms with Gasteiger partial charge in [-0.2, -0.15) is 4.98 Å². The van der Waals surface area contributed by atoms with Crippen LogP contribution in [0, 0.1) is 6.92 Å². The summed E-state index contributed by atoms with van der Waals surface area (Å²) >= 11 is 1.62. The van der Waals surface area contributed by atoms with E-state index >= 15 is 0 Å². The molecule has 0 aromatic carbocycles. The molecular weight excluding hydrogens is 198 g/mol. The highest BCUT2D eigenvalue weighted by Gasteiger charge is 2.06. The van der Waals surface area contributed by atoms with Crippen LogP contribution in [0.25, 0.3) is 6.08 Å². The van der Waals surface area contributed by atoms with Crippen molar-refractivity contribution in [2.75, 3.05) is 0 Å². The third kappa shape index (κ3) is 1.88. The smallest absolute Gasteiger partial charge is 0.250 e. The van der Waals surface area contributed by atoms with Gasteiger partial charge in [-0.25, -0.2) is 4.98 Å². The molecule has 5 heteroatoms. The van der Waals surface area contributed by atoms with Gasteiger partial charge in [0.2, 0.25) is 5.89 Å². The molecule has 0 N–H and O–H groups in total. The Morgan fingerprint density at radius 1 is 1.57 bits per heavy atom. The van der Waals surface area contributed by atoms with Crippen LogP contribution in [0.1, 0.15) is 22.4 Å². The maximum absolute atomic E-state index is 4.89. The summed E-state index contributed by atoms with van der Waals surface area (Å²) in [5.74, 6) is 1.09. The van der Waals surface area contributed by atoms with Crippen LogP contribution in [0.15, 0.2) is 16.5 Å². The molecule has 0 amide bonds. The second-order valence-corrected chi connectivity index (χ2v) is 3.85. The zero-order chi connectivity index (χ0) is 9.97. The number of aryl methyl sites for hydroxylation is 1. The third-order valence-corrected chi connectivity index (χ3v) is 2.49. The summed E-state index contributed by atoms with van der Waals surface area (Å²) in [6.07, 6.45) is 2.14. The molecule has 0 unspecified atom stereocenters. The van der Waals surface area contributed by atoms with Gasteiger partial charge in [0.25, 0.3) is 0 Å². The van der Waals surface area contributed by atoms with Gasteiger partial charge < -0.3 is 4.52 Å². The minimum absolute atomic E-state index is 0.451. The number of hydrogen-bond donors (Lipinski definition) is 0. The average Bonchev–Trinajstić information content (AvgIpc) is 2.76. The van der Waals surface area contributed by atoms with Crippen molar-refractivity contribution in [3.8, 4) is 0 Å². The molecule has 2 heterocycles. The van der Waals surface area contributed by atoms with Gasteiger partial charge in [0.05, 0.1) is 17.1 Å². The molecule has 0 spiro atoms. The van der Waals surface area contributed by atoms with Crippen molar-refractivity contribution in [3.05, 3.63) is 34.4 Å². The lowest BCUT2D eigenvalue weighted by atomic mass is 10.3. The Morgan fingerprint density at radius 2 is 2.43 bits per heavy atom. The number of nitrogens with zero attached hydrogens (tertiary/aromatic N) is 3. The lowest BCUT2D eigenvalue weighted by Crippen LogP contribution is -1.90. The van der Waals surface area contributed by atoms with Crippen molar-refractivity contribution in [1.29, 1.82) is 0 Å². The predicted octanol–water partition coefficient (Wildman–Crippen LogP) is 2.07. The van der Waals surface area contributed by atoms with Crippen molar-refractivity contribution >= 4 is 17.4 Å². The molecule has 0 aliphatic heterocycles. The topological polar surface area (TPSA) is 51.8 Å². The van der Waals surface area contributed by atoms with Gasteiger partial charge in [0, 0.05) is 5.38 Å². The standard InChI is InChI=1S/C9H9N3OS/c1-3-9-11-8(12-13-9)4-7-5-14-6(2)10-7/h3,5H,1,4H2,2H3. The molecule has 0 radical (unpaired) electrons. The second-order valence-electron chi connectivity index (χ2n) is 2.79. The van der Waals surface area contributed by atoms with Crippen LogP contribution in [0.4, 0.5) is 0 Å². The summed E-state index contributed by atoms with van der Waals surface area (Å²) in [6, 6.07) is 0. The van der Waals surface area contributed by atoms with Crippen LogP contribution in [0.3, 0.4) is 0 Å². The Bertz CT molecular complexity index is 446. The first-order valence-electron chi connectivity index (χ1n) is 4.14. The quantitative estimate of drug-likeness (QED) is 0.773. The predicted molar refractivity (Wildman–Crippen MR) is 54.0 cm³/mol. The lowest BCUT2D eigenvalue weighted by Gasteiger charge is -1.86. The molecule has 2 aromatic heterocycles. The van der Waals surface area contributed by atoms with E-state index in [0.717, 1.165) is 10.7 Å². The molecule has 0 aliphatic carbocycles. The van der Waals surface area contributed by atoms with Crippen molar-refractivity contribution in [1.82, 2.24) is 15.1 Å². The second kappa shape index (κ2) is 3.71. The van der Waals surface area contributed by atoms with Crippen LogP contribution in [0.5, 0.6) is 0 Å². The Labute approximate surface area is 85.3 Å². The zero-order valence-corrected chi connectivity index (χ0v) is 8.54. The van der Waals surface area contributed by atoms with Crippen molar-refractivity contribution in [3.63, 3.8) is 0 Å². The molecule has 0 atom stereocenters. The fourth-order valence-corrected chi connectivity index (χ4v) is 1.69. The van der Waals surface area contributed by atoms with Gasteiger partial charge >= 0.3 is 0 Å². The number of aromatic nitrogens is 3. The van der Waals surface area contributed by atoms with Gasteiger partial charge in [0.15, 0.2) is 5.82 Å². The fourth-order valence-electron chi connectivity index (χ4n) is 1.07. The summed E-state index contributed by atoms with van der Waals surface area (Å²) in [5, 5.41) is 6.85. The summed E-state index contributed by atoms with van der Waals surface area (Å²) in [6.45, 7) is 5.52. The first-order valence-corrected chi connectivity index (χ1v) is 5.02. The van der Waals surface area contributed by atoms with Gasteiger partial charge in [0.1, 0.15) is 0 Å². The van der Waals surface area contributed by atoms with E-state index < -0.39 is 0 Å². The van der Waals surface area contributed by atoms with Crippen LogP contribution in [0.2, 0.25) is 0 Å². The van der Waals surface area contributed by atoms with Crippen LogP contribution >= 0.6 is 11.3 Å². The summed E-state index contributed by atoms with van der Waals surface area (Å²) in [5.41, 5.74) is 0.976. The lowest BCUT2D eigenvalue weighted by molar-refractivity contribution is 0.404. The van der Waals surface area contributed by atoms with Crippen molar-refractivity contribution < 1.29 is 4.52 Å². The maximum Gasteiger partial charge on any atom is 0.250 e. The Hall–Kier alpha value is -1.49. The highest BCUT2D eigenvalue weighted by Crippen LogP contribution is 2.11. The van der Waals surface area contributed by atoms with E-state index in [-0.39, 0.29) is 0 Å². The molecule has 0 fully saturated rings. The molecule has 2 aromatic rings. The summed E-state index contributed by atoms with van der Waals surface area (Å²) in [7, 11) is 0. The molecule has 72 valence electrons. The number of hydrogen-bond acceptors (Lipinski definition) is 5. The van der Waals surface area contributed by atoms with Gasteiger partial charge in [-0.15, -0.1) is 11.3 Å². The Balaban J connectivity index is 2.14. The van der Waals surface area contributed by atoms with E-state index in [0.29, 0.717) is 18.1 Å². The fraction of sp³-hybridized carbons (Fsp3) is 0.222. The first-order chi connectivity index (χ1) is 6.78. The molecule has 14 heavy (non-hydrogen) atoms. The minimum Gasteiger partial charge on any atom is -0.335 e. The molecular formula is C9H9N3OS. The number of thiazole rings is 1. The van der Waals surface area contributed by atoms with E-state index in [4.69, 9.17) is 4.52 Å². The van der Waals surface area contributed by atoms with E-state index in [1.807, 2.05) is 12.3 Å². The monoisotopic (exact) mass is 207 g/mol. The third-order valence-electron chi connectivity index (χ3n) is 1.66. The van der Waals surface area contributed by atoms with E-state index in [1.165, 1.54) is 6.08 Å².